The molecular weight excluding hydrogens is 286 g/mol. The van der Waals surface area contributed by atoms with Crippen LogP contribution in [0.2, 0.25) is 0 Å². The van der Waals surface area contributed by atoms with E-state index in [0.29, 0.717) is 32.7 Å². The van der Waals surface area contributed by atoms with Gasteiger partial charge >= 0.3 is 0 Å². The predicted molar refractivity (Wildman–Crippen MR) is 87.0 cm³/mol. The van der Waals surface area contributed by atoms with Gasteiger partial charge in [-0.3, -0.25) is 0 Å². The Morgan fingerprint density at radius 1 is 0.952 bits per heavy atom. The SMILES string of the molecule is CCCN(CCC)S(=O)(=O)N(CCN)Cc1ccccc1. The second-order valence-corrected chi connectivity index (χ2v) is 6.94. The Hall–Kier alpha value is -0.950. The lowest BCUT2D eigenvalue weighted by Gasteiger charge is -2.29. The minimum Gasteiger partial charge on any atom is -0.329 e. The van der Waals surface area contributed by atoms with Crippen LogP contribution in [0.3, 0.4) is 0 Å². The molecule has 0 bridgehead atoms. The molecule has 2 N–H and O–H groups in total. The summed E-state index contributed by atoms with van der Waals surface area (Å²) in [6.45, 7) is 6.09. The summed E-state index contributed by atoms with van der Waals surface area (Å²) in [6, 6.07) is 9.62. The van der Waals surface area contributed by atoms with Crippen molar-refractivity contribution in [3.05, 3.63) is 35.9 Å². The Kier molecular flexibility index (Phi) is 7.88. The molecule has 0 aliphatic heterocycles. The molecule has 5 nitrogen and oxygen atoms in total. The fourth-order valence-corrected chi connectivity index (χ4v) is 4.01. The Bertz CT molecular complexity index is 485. The first-order valence-electron chi connectivity index (χ1n) is 7.55. The predicted octanol–water partition coefficient (Wildman–Crippen LogP) is 1.81. The van der Waals surface area contributed by atoms with E-state index in [1.165, 1.54) is 4.31 Å². The standard InChI is InChI=1S/C15H27N3O2S/c1-3-11-17(12-4-2)21(19,20)18(13-10-16)14-15-8-6-5-7-9-15/h5-9H,3-4,10-14,16H2,1-2H3. The second kappa shape index (κ2) is 9.15. The van der Waals surface area contributed by atoms with Gasteiger partial charge in [0.15, 0.2) is 0 Å². The third-order valence-corrected chi connectivity index (χ3v) is 5.16. The van der Waals surface area contributed by atoms with Crippen LogP contribution in [0.25, 0.3) is 0 Å². The van der Waals surface area contributed by atoms with Crippen LogP contribution in [0.1, 0.15) is 32.3 Å². The largest absolute Gasteiger partial charge is 0.329 e. The zero-order valence-electron chi connectivity index (χ0n) is 13.0. The van der Waals surface area contributed by atoms with Crippen molar-refractivity contribution in [1.29, 1.82) is 0 Å². The van der Waals surface area contributed by atoms with E-state index in [2.05, 4.69) is 0 Å². The van der Waals surface area contributed by atoms with Gasteiger partial charge in [-0.15, -0.1) is 0 Å². The van der Waals surface area contributed by atoms with Crippen LogP contribution in [0, 0.1) is 0 Å². The van der Waals surface area contributed by atoms with E-state index in [1.807, 2.05) is 44.2 Å². The maximum atomic E-state index is 12.8. The van der Waals surface area contributed by atoms with Crippen LogP contribution in [-0.4, -0.2) is 43.2 Å². The van der Waals surface area contributed by atoms with Gasteiger partial charge in [-0.2, -0.15) is 17.0 Å². The highest BCUT2D eigenvalue weighted by Crippen LogP contribution is 2.14. The normalized spacial score (nSPS) is 12.2. The van der Waals surface area contributed by atoms with Gasteiger partial charge in [0.2, 0.25) is 0 Å². The molecular formula is C15H27N3O2S. The van der Waals surface area contributed by atoms with E-state index >= 15 is 0 Å². The third-order valence-electron chi connectivity index (χ3n) is 3.18. The molecule has 1 aromatic rings. The smallest absolute Gasteiger partial charge is 0.282 e. The fourth-order valence-electron chi connectivity index (χ4n) is 2.21. The maximum Gasteiger partial charge on any atom is 0.282 e. The van der Waals surface area contributed by atoms with Crippen molar-refractivity contribution in [1.82, 2.24) is 8.61 Å². The van der Waals surface area contributed by atoms with Gasteiger partial charge in [-0.05, 0) is 18.4 Å². The number of nitrogens with two attached hydrogens (primary N) is 1. The summed E-state index contributed by atoms with van der Waals surface area (Å²) in [5, 5.41) is 0. The van der Waals surface area contributed by atoms with E-state index in [0.717, 1.165) is 18.4 Å². The maximum absolute atomic E-state index is 12.8. The Morgan fingerprint density at radius 2 is 1.52 bits per heavy atom. The van der Waals surface area contributed by atoms with E-state index in [4.69, 9.17) is 5.73 Å². The highest BCUT2D eigenvalue weighted by atomic mass is 32.2. The molecule has 0 amide bonds. The number of hydrogen-bond acceptors (Lipinski definition) is 3. The minimum atomic E-state index is -3.46. The van der Waals surface area contributed by atoms with Crippen molar-refractivity contribution in [3.63, 3.8) is 0 Å². The summed E-state index contributed by atoms with van der Waals surface area (Å²) in [7, 11) is -3.46. The van der Waals surface area contributed by atoms with Crippen LogP contribution in [0.5, 0.6) is 0 Å². The van der Waals surface area contributed by atoms with Crippen LogP contribution >= 0.6 is 0 Å². The minimum absolute atomic E-state index is 0.318. The third kappa shape index (κ3) is 5.39. The number of hydrogen-bond donors (Lipinski definition) is 1. The molecule has 0 heterocycles. The molecule has 0 aliphatic rings. The summed E-state index contributed by atoms with van der Waals surface area (Å²) in [5.41, 5.74) is 6.58. The van der Waals surface area contributed by atoms with E-state index < -0.39 is 10.2 Å². The summed E-state index contributed by atoms with van der Waals surface area (Å²) in [5.74, 6) is 0. The lowest BCUT2D eigenvalue weighted by Crippen LogP contribution is -2.45. The summed E-state index contributed by atoms with van der Waals surface area (Å²) in [6.07, 6.45) is 1.61. The van der Waals surface area contributed by atoms with E-state index in [9.17, 15) is 8.42 Å². The summed E-state index contributed by atoms with van der Waals surface area (Å²) in [4.78, 5) is 0. The molecule has 0 unspecified atom stereocenters. The van der Waals surface area contributed by atoms with Crippen LogP contribution < -0.4 is 5.73 Å². The number of nitrogens with zero attached hydrogens (tertiary/aromatic N) is 2. The number of benzene rings is 1. The molecule has 6 heteroatoms. The molecule has 0 fully saturated rings. The van der Waals surface area contributed by atoms with Crippen molar-refractivity contribution in [2.45, 2.75) is 33.2 Å². The molecule has 0 saturated heterocycles. The first kappa shape index (κ1) is 18.1. The van der Waals surface area contributed by atoms with Crippen LogP contribution in [0.15, 0.2) is 30.3 Å². The molecule has 1 aromatic carbocycles. The molecule has 0 saturated carbocycles. The van der Waals surface area contributed by atoms with Gasteiger partial charge < -0.3 is 5.73 Å². The molecule has 0 radical (unpaired) electrons. The van der Waals surface area contributed by atoms with Gasteiger partial charge in [0, 0.05) is 32.7 Å². The first-order valence-corrected chi connectivity index (χ1v) is 8.95. The monoisotopic (exact) mass is 313 g/mol. The summed E-state index contributed by atoms with van der Waals surface area (Å²) < 4.78 is 28.6. The second-order valence-electron chi connectivity index (χ2n) is 5.01. The van der Waals surface area contributed by atoms with Crippen molar-refractivity contribution < 1.29 is 8.42 Å². The van der Waals surface area contributed by atoms with Crippen molar-refractivity contribution in [2.75, 3.05) is 26.2 Å². The van der Waals surface area contributed by atoms with Gasteiger partial charge in [-0.1, -0.05) is 44.2 Å². The highest BCUT2D eigenvalue weighted by Gasteiger charge is 2.28. The van der Waals surface area contributed by atoms with Gasteiger partial charge in [0.25, 0.3) is 10.2 Å². The van der Waals surface area contributed by atoms with Crippen molar-refractivity contribution in [2.24, 2.45) is 5.73 Å². The first-order chi connectivity index (χ1) is 10.1. The van der Waals surface area contributed by atoms with Gasteiger partial charge in [-0.25, -0.2) is 0 Å². The van der Waals surface area contributed by atoms with E-state index in [-0.39, 0.29) is 0 Å². The molecule has 0 atom stereocenters. The average molecular weight is 313 g/mol. The number of rotatable bonds is 10. The Labute approximate surface area is 128 Å². The molecule has 0 spiro atoms. The van der Waals surface area contributed by atoms with Crippen LogP contribution in [0.4, 0.5) is 0 Å². The lowest BCUT2D eigenvalue weighted by molar-refractivity contribution is 0.334. The van der Waals surface area contributed by atoms with Crippen molar-refractivity contribution in [3.8, 4) is 0 Å². The summed E-state index contributed by atoms with van der Waals surface area (Å²) >= 11 is 0. The molecule has 1 rings (SSSR count). The average Bonchev–Trinajstić information content (AvgIpc) is 2.47. The van der Waals surface area contributed by atoms with Crippen molar-refractivity contribution >= 4 is 10.2 Å². The highest BCUT2D eigenvalue weighted by molar-refractivity contribution is 7.86. The lowest BCUT2D eigenvalue weighted by atomic mass is 10.2. The van der Waals surface area contributed by atoms with E-state index in [1.54, 1.807) is 4.31 Å². The molecule has 21 heavy (non-hydrogen) atoms. The zero-order chi connectivity index (χ0) is 15.7. The molecule has 120 valence electrons. The quantitative estimate of drug-likeness (QED) is 0.716. The van der Waals surface area contributed by atoms with Crippen LogP contribution in [-0.2, 0) is 16.8 Å². The topological polar surface area (TPSA) is 66.6 Å². The van der Waals surface area contributed by atoms with Gasteiger partial charge in [0.05, 0.1) is 0 Å². The Morgan fingerprint density at radius 3 is 2.00 bits per heavy atom. The zero-order valence-corrected chi connectivity index (χ0v) is 13.8. The van der Waals surface area contributed by atoms with Gasteiger partial charge in [0.1, 0.15) is 0 Å². The fraction of sp³-hybridized carbons (Fsp3) is 0.600. The molecule has 0 aliphatic carbocycles. The Balaban J connectivity index is 2.95. The molecule has 0 aromatic heterocycles.